The van der Waals surface area contributed by atoms with Crippen LogP contribution in [0, 0.1) is 13.8 Å². The highest BCUT2D eigenvalue weighted by molar-refractivity contribution is 7.22. The van der Waals surface area contributed by atoms with Crippen LogP contribution in [-0.4, -0.2) is 24.0 Å². The van der Waals surface area contributed by atoms with Crippen molar-refractivity contribution in [3.05, 3.63) is 44.2 Å². The van der Waals surface area contributed by atoms with Gasteiger partial charge in [0.25, 0.3) is 5.91 Å². The summed E-state index contributed by atoms with van der Waals surface area (Å²) in [5.41, 5.74) is 1.62. The zero-order chi connectivity index (χ0) is 17.4. The number of halogens is 1. The van der Waals surface area contributed by atoms with Crippen molar-refractivity contribution in [3.63, 3.8) is 0 Å². The highest BCUT2D eigenvalue weighted by atomic mass is 35.5. The average molecular weight is 381 g/mol. The van der Waals surface area contributed by atoms with Crippen LogP contribution in [0.4, 0.5) is 5.13 Å². The first-order valence-electron chi connectivity index (χ1n) is 6.96. The fraction of sp³-hybridized carbons (Fsp3) is 0.188. The molecule has 3 rings (SSSR count). The summed E-state index contributed by atoms with van der Waals surface area (Å²) in [6.45, 7) is 3.67. The number of hydrogen-bond acceptors (Lipinski definition) is 6. The number of thiophene rings is 1. The maximum atomic E-state index is 12.5. The molecule has 0 bridgehead atoms. The lowest BCUT2D eigenvalue weighted by Gasteiger charge is -1.99. The number of nitrogens with one attached hydrogen (secondary N) is 1. The van der Waals surface area contributed by atoms with Gasteiger partial charge >= 0.3 is 5.97 Å². The normalized spacial score (nSPS) is 10.8. The number of esters is 1. The van der Waals surface area contributed by atoms with Crippen LogP contribution in [-0.2, 0) is 4.74 Å². The Bertz CT molecular complexity index is 962. The van der Waals surface area contributed by atoms with Gasteiger partial charge in [0.15, 0.2) is 5.13 Å². The molecule has 0 atom stereocenters. The van der Waals surface area contributed by atoms with Crippen LogP contribution in [0.25, 0.3) is 10.1 Å². The molecule has 2 aromatic heterocycles. The fourth-order valence-electron chi connectivity index (χ4n) is 2.20. The van der Waals surface area contributed by atoms with E-state index in [4.69, 9.17) is 11.6 Å². The van der Waals surface area contributed by atoms with E-state index in [2.05, 4.69) is 15.0 Å². The minimum absolute atomic E-state index is 0.336. The fourth-order valence-corrected chi connectivity index (χ4v) is 4.59. The Morgan fingerprint density at radius 1 is 1.21 bits per heavy atom. The van der Waals surface area contributed by atoms with Crippen molar-refractivity contribution in [2.45, 2.75) is 13.8 Å². The molecule has 0 radical (unpaired) electrons. The molecule has 0 fully saturated rings. The second-order valence-electron chi connectivity index (χ2n) is 5.12. The molecule has 8 heteroatoms. The van der Waals surface area contributed by atoms with E-state index in [-0.39, 0.29) is 5.91 Å². The third kappa shape index (κ3) is 3.02. The molecule has 0 saturated carbocycles. The van der Waals surface area contributed by atoms with Crippen molar-refractivity contribution in [1.29, 1.82) is 0 Å². The molecular weight excluding hydrogens is 368 g/mol. The number of aryl methyl sites for hydroxylation is 2. The van der Waals surface area contributed by atoms with Gasteiger partial charge in [-0.05, 0) is 25.5 Å². The molecule has 3 aromatic rings. The van der Waals surface area contributed by atoms with Gasteiger partial charge in [-0.3, -0.25) is 10.1 Å². The predicted molar refractivity (Wildman–Crippen MR) is 97.7 cm³/mol. The lowest BCUT2D eigenvalue weighted by atomic mass is 10.2. The first-order valence-corrected chi connectivity index (χ1v) is 8.97. The van der Waals surface area contributed by atoms with E-state index >= 15 is 0 Å². The Morgan fingerprint density at radius 3 is 2.67 bits per heavy atom. The molecule has 124 valence electrons. The number of anilines is 1. The molecule has 0 unspecified atom stereocenters. The zero-order valence-electron chi connectivity index (χ0n) is 13.1. The van der Waals surface area contributed by atoms with E-state index in [0.717, 1.165) is 27.0 Å². The van der Waals surface area contributed by atoms with E-state index in [1.54, 1.807) is 6.92 Å². The zero-order valence-corrected chi connectivity index (χ0v) is 15.5. The Morgan fingerprint density at radius 2 is 1.96 bits per heavy atom. The number of thiazole rings is 1. The third-order valence-electron chi connectivity index (χ3n) is 3.38. The van der Waals surface area contributed by atoms with Gasteiger partial charge in [-0.15, -0.1) is 11.3 Å². The van der Waals surface area contributed by atoms with Crippen LogP contribution in [0.3, 0.4) is 0 Å². The van der Waals surface area contributed by atoms with Gasteiger partial charge < -0.3 is 4.74 Å². The molecule has 24 heavy (non-hydrogen) atoms. The summed E-state index contributed by atoms with van der Waals surface area (Å²) in [5.74, 6) is -0.815. The molecule has 5 nitrogen and oxygen atoms in total. The molecule has 1 amide bonds. The summed E-state index contributed by atoms with van der Waals surface area (Å²) in [7, 11) is 1.30. The molecule has 0 aliphatic heterocycles. The van der Waals surface area contributed by atoms with Crippen molar-refractivity contribution < 1.29 is 14.3 Å². The number of hydrogen-bond donors (Lipinski definition) is 1. The molecule has 0 saturated heterocycles. The van der Waals surface area contributed by atoms with E-state index in [1.807, 2.05) is 25.1 Å². The number of amides is 1. The maximum Gasteiger partial charge on any atom is 0.350 e. The van der Waals surface area contributed by atoms with E-state index in [9.17, 15) is 9.59 Å². The van der Waals surface area contributed by atoms with Crippen LogP contribution in [0.1, 0.15) is 30.6 Å². The molecule has 1 N–H and O–H groups in total. The Kier molecular flexibility index (Phi) is 4.58. The van der Waals surface area contributed by atoms with Crippen LogP contribution >= 0.6 is 34.3 Å². The molecule has 0 aliphatic rings. The van der Waals surface area contributed by atoms with Crippen molar-refractivity contribution >= 4 is 61.4 Å². The van der Waals surface area contributed by atoms with Crippen molar-refractivity contribution in [2.75, 3.05) is 12.4 Å². The summed E-state index contributed by atoms with van der Waals surface area (Å²) in [4.78, 5) is 29.1. The van der Waals surface area contributed by atoms with E-state index in [0.29, 0.717) is 25.6 Å². The first-order chi connectivity index (χ1) is 11.4. The van der Waals surface area contributed by atoms with Gasteiger partial charge in [0.05, 0.1) is 17.8 Å². The Hall–Kier alpha value is -1.96. The minimum Gasteiger partial charge on any atom is -0.465 e. The number of fused-ring (bicyclic) bond motifs is 1. The lowest BCUT2D eigenvalue weighted by Crippen LogP contribution is -2.10. The average Bonchev–Trinajstić information content (AvgIpc) is 3.06. The lowest BCUT2D eigenvalue weighted by molar-refractivity contribution is 0.0605. The van der Waals surface area contributed by atoms with Crippen molar-refractivity contribution in [3.8, 4) is 0 Å². The third-order valence-corrected chi connectivity index (χ3v) is 6.09. The quantitative estimate of drug-likeness (QED) is 0.670. The Labute approximate surface area is 151 Å². The second kappa shape index (κ2) is 6.51. The summed E-state index contributed by atoms with van der Waals surface area (Å²) < 4.78 is 5.64. The van der Waals surface area contributed by atoms with Gasteiger partial charge in [-0.1, -0.05) is 35.1 Å². The summed E-state index contributed by atoms with van der Waals surface area (Å²) in [6.07, 6.45) is 0. The first kappa shape index (κ1) is 16.9. The highest BCUT2D eigenvalue weighted by Crippen LogP contribution is 2.36. The molecule has 0 spiro atoms. The number of rotatable bonds is 3. The van der Waals surface area contributed by atoms with Gasteiger partial charge in [0, 0.05) is 10.1 Å². The molecule has 0 aliphatic carbocycles. The smallest absolute Gasteiger partial charge is 0.350 e. The monoisotopic (exact) mass is 380 g/mol. The predicted octanol–water partition coefficient (Wildman–Crippen LogP) is 4.67. The number of carbonyl (C=O) groups is 2. The van der Waals surface area contributed by atoms with Gasteiger partial charge in [0.1, 0.15) is 9.75 Å². The summed E-state index contributed by atoms with van der Waals surface area (Å²) >= 11 is 8.74. The second-order valence-corrected chi connectivity index (χ2v) is 7.55. The Balaban J connectivity index is 1.90. The highest BCUT2D eigenvalue weighted by Gasteiger charge is 2.21. The molecule has 1 aromatic carbocycles. The minimum atomic E-state index is -0.471. The van der Waals surface area contributed by atoms with Crippen molar-refractivity contribution in [1.82, 2.24) is 4.98 Å². The van der Waals surface area contributed by atoms with E-state index < -0.39 is 5.97 Å². The maximum absolute atomic E-state index is 12.5. The van der Waals surface area contributed by atoms with Gasteiger partial charge in [-0.2, -0.15) is 0 Å². The number of ether oxygens (including phenoxy) is 1. The van der Waals surface area contributed by atoms with Gasteiger partial charge in [0.2, 0.25) is 0 Å². The standard InChI is InChI=1S/C16H13ClN2O3S2/c1-7-4-5-9-10(6-7)23-13(11(9)17)14(20)19-16-18-8(2)12(24-16)15(21)22-3/h4-6H,1-3H3,(H,18,19,20). The largest absolute Gasteiger partial charge is 0.465 e. The van der Waals surface area contributed by atoms with Crippen LogP contribution in [0.5, 0.6) is 0 Å². The van der Waals surface area contributed by atoms with Gasteiger partial charge in [-0.25, -0.2) is 9.78 Å². The summed E-state index contributed by atoms with van der Waals surface area (Å²) in [5, 5.41) is 4.31. The van der Waals surface area contributed by atoms with Crippen LogP contribution in [0.2, 0.25) is 5.02 Å². The number of methoxy groups -OCH3 is 1. The number of benzene rings is 1. The van der Waals surface area contributed by atoms with Crippen LogP contribution in [0.15, 0.2) is 18.2 Å². The van der Waals surface area contributed by atoms with Crippen molar-refractivity contribution in [2.24, 2.45) is 0 Å². The summed E-state index contributed by atoms with van der Waals surface area (Å²) in [6, 6.07) is 5.85. The number of nitrogens with zero attached hydrogens (tertiary/aromatic N) is 1. The molecular formula is C16H13ClN2O3S2. The topological polar surface area (TPSA) is 68.3 Å². The number of carbonyl (C=O) groups excluding carboxylic acids is 2. The van der Waals surface area contributed by atoms with Crippen LogP contribution < -0.4 is 5.32 Å². The molecule has 2 heterocycles. The number of aromatic nitrogens is 1. The SMILES string of the molecule is COC(=O)c1sc(NC(=O)c2sc3cc(C)ccc3c2Cl)nc1C. The van der Waals surface area contributed by atoms with E-state index in [1.165, 1.54) is 18.4 Å².